The van der Waals surface area contributed by atoms with Gasteiger partial charge in [0.1, 0.15) is 5.75 Å². The molecule has 3 nitrogen and oxygen atoms in total. The summed E-state index contributed by atoms with van der Waals surface area (Å²) in [7, 11) is 0. The molecule has 0 aliphatic rings. The first kappa shape index (κ1) is 12.8. The van der Waals surface area contributed by atoms with Crippen molar-refractivity contribution in [2.24, 2.45) is 0 Å². The number of carbonyl (C=O) groups is 1. The van der Waals surface area contributed by atoms with Gasteiger partial charge in [0.05, 0.1) is 6.42 Å². The summed E-state index contributed by atoms with van der Waals surface area (Å²) in [6.07, 6.45) is -0.0796. The van der Waals surface area contributed by atoms with Crippen molar-refractivity contribution in [2.75, 3.05) is 0 Å². The zero-order chi connectivity index (χ0) is 12.5. The number of hydrogen-bond donors (Lipinski definition) is 2. The molecule has 1 aromatic rings. The van der Waals surface area contributed by atoms with Crippen molar-refractivity contribution in [1.82, 2.24) is 0 Å². The van der Waals surface area contributed by atoms with Crippen LogP contribution in [-0.4, -0.2) is 16.2 Å². The van der Waals surface area contributed by atoms with Crippen LogP contribution in [0.3, 0.4) is 0 Å². The van der Waals surface area contributed by atoms with Crippen LogP contribution >= 0.6 is 11.6 Å². The van der Waals surface area contributed by atoms with E-state index in [0.717, 1.165) is 0 Å². The maximum atomic E-state index is 10.8. The van der Waals surface area contributed by atoms with Gasteiger partial charge in [-0.15, -0.1) is 0 Å². The van der Waals surface area contributed by atoms with Gasteiger partial charge in [-0.2, -0.15) is 0 Å². The minimum absolute atomic E-state index is 0.0796. The Morgan fingerprint density at radius 3 is 2.50 bits per heavy atom. The zero-order valence-electron chi connectivity index (χ0n) is 9.54. The number of phenolic OH excluding ortho intramolecular Hbond substituents is 1. The molecule has 16 heavy (non-hydrogen) atoms. The smallest absolute Gasteiger partial charge is 0.304 e. The maximum absolute atomic E-state index is 10.8. The summed E-state index contributed by atoms with van der Waals surface area (Å²) in [5, 5.41) is 19.2. The number of aryl methyl sites for hydroxylation is 1. The van der Waals surface area contributed by atoms with Crippen LogP contribution in [-0.2, 0) is 10.2 Å². The highest BCUT2D eigenvalue weighted by Gasteiger charge is 2.29. The first-order chi connectivity index (χ1) is 7.25. The number of carboxylic acid groups (broad SMARTS) is 1. The molecule has 1 rings (SSSR count). The van der Waals surface area contributed by atoms with E-state index in [1.54, 1.807) is 32.9 Å². The molecule has 0 heterocycles. The summed E-state index contributed by atoms with van der Waals surface area (Å²) in [5.74, 6) is -0.833. The molecule has 0 spiro atoms. The van der Waals surface area contributed by atoms with Gasteiger partial charge in [0.15, 0.2) is 0 Å². The molecular formula is C12H15ClO3. The number of hydrogen-bond acceptors (Lipinski definition) is 2. The Kier molecular flexibility index (Phi) is 3.48. The van der Waals surface area contributed by atoms with Crippen molar-refractivity contribution in [3.05, 3.63) is 28.3 Å². The fraction of sp³-hybridized carbons (Fsp3) is 0.417. The molecule has 0 radical (unpaired) electrons. The van der Waals surface area contributed by atoms with Crippen LogP contribution in [0.5, 0.6) is 5.75 Å². The van der Waals surface area contributed by atoms with E-state index >= 15 is 0 Å². The highest BCUT2D eigenvalue weighted by Crippen LogP contribution is 2.40. The van der Waals surface area contributed by atoms with Gasteiger partial charge >= 0.3 is 5.97 Å². The lowest BCUT2D eigenvalue weighted by molar-refractivity contribution is -0.138. The highest BCUT2D eigenvalue weighted by atomic mass is 35.5. The van der Waals surface area contributed by atoms with Crippen LogP contribution in [0.15, 0.2) is 12.1 Å². The minimum atomic E-state index is -0.915. The van der Waals surface area contributed by atoms with E-state index < -0.39 is 11.4 Å². The molecule has 0 aliphatic heterocycles. The lowest BCUT2D eigenvalue weighted by Gasteiger charge is -2.26. The minimum Gasteiger partial charge on any atom is -0.507 e. The van der Waals surface area contributed by atoms with E-state index in [0.29, 0.717) is 16.1 Å². The molecule has 0 amide bonds. The Labute approximate surface area is 99.7 Å². The predicted octanol–water partition coefficient (Wildman–Crippen LogP) is 3.11. The van der Waals surface area contributed by atoms with Gasteiger partial charge in [-0.05, 0) is 18.6 Å². The number of rotatable bonds is 3. The fourth-order valence-electron chi connectivity index (χ4n) is 1.78. The number of aliphatic carboxylic acids is 1. The number of phenols is 1. The second-order valence-electron chi connectivity index (χ2n) is 4.54. The fourth-order valence-corrected chi connectivity index (χ4v) is 2.19. The SMILES string of the molecule is Cc1ccc(Cl)c(C(C)(C)CC(=O)O)c1O. The van der Waals surface area contributed by atoms with Crippen LogP contribution in [0, 0.1) is 6.92 Å². The lowest BCUT2D eigenvalue weighted by Crippen LogP contribution is -2.22. The highest BCUT2D eigenvalue weighted by molar-refractivity contribution is 6.31. The normalized spacial score (nSPS) is 11.5. The van der Waals surface area contributed by atoms with E-state index in [4.69, 9.17) is 16.7 Å². The maximum Gasteiger partial charge on any atom is 0.304 e. The summed E-state index contributed by atoms with van der Waals surface area (Å²) in [5.41, 5.74) is 0.494. The standard InChI is InChI=1S/C12H15ClO3/c1-7-4-5-8(13)10(11(7)16)12(2,3)6-9(14)15/h4-5,16H,6H2,1-3H3,(H,14,15). The van der Waals surface area contributed by atoms with E-state index in [1.165, 1.54) is 0 Å². The lowest BCUT2D eigenvalue weighted by atomic mass is 9.80. The molecule has 0 fully saturated rings. The van der Waals surface area contributed by atoms with E-state index in [2.05, 4.69) is 0 Å². The Morgan fingerprint density at radius 1 is 1.44 bits per heavy atom. The Bertz CT molecular complexity index is 425. The van der Waals surface area contributed by atoms with Crippen molar-refractivity contribution in [3.63, 3.8) is 0 Å². The molecule has 0 unspecified atom stereocenters. The molecule has 4 heteroatoms. The summed E-state index contributed by atoms with van der Waals surface area (Å²) in [6, 6.07) is 3.38. The summed E-state index contributed by atoms with van der Waals surface area (Å²) < 4.78 is 0. The average Bonchev–Trinajstić information content (AvgIpc) is 2.09. The van der Waals surface area contributed by atoms with Crippen LogP contribution in [0.4, 0.5) is 0 Å². The predicted molar refractivity (Wildman–Crippen MR) is 63.1 cm³/mol. The van der Waals surface area contributed by atoms with Crippen molar-refractivity contribution in [1.29, 1.82) is 0 Å². The number of aromatic hydroxyl groups is 1. The summed E-state index contributed by atoms with van der Waals surface area (Å²) in [6.45, 7) is 5.26. The van der Waals surface area contributed by atoms with Crippen LogP contribution in [0.25, 0.3) is 0 Å². The van der Waals surface area contributed by atoms with Gasteiger partial charge in [0.25, 0.3) is 0 Å². The third kappa shape index (κ3) is 2.47. The molecule has 2 N–H and O–H groups in total. The van der Waals surface area contributed by atoms with Gasteiger partial charge in [-0.25, -0.2) is 0 Å². The molecule has 0 saturated heterocycles. The Hall–Kier alpha value is -1.22. The first-order valence-electron chi connectivity index (χ1n) is 4.96. The van der Waals surface area contributed by atoms with Gasteiger partial charge in [-0.3, -0.25) is 4.79 Å². The average molecular weight is 243 g/mol. The van der Waals surface area contributed by atoms with Crippen LogP contribution in [0.2, 0.25) is 5.02 Å². The molecule has 0 aromatic heterocycles. The summed E-state index contributed by atoms with van der Waals surface area (Å²) in [4.78, 5) is 10.8. The third-order valence-corrected chi connectivity index (χ3v) is 2.91. The van der Waals surface area contributed by atoms with Crippen molar-refractivity contribution in [2.45, 2.75) is 32.6 Å². The third-order valence-electron chi connectivity index (χ3n) is 2.60. The van der Waals surface area contributed by atoms with E-state index in [1.807, 2.05) is 0 Å². The van der Waals surface area contributed by atoms with Crippen LogP contribution in [0.1, 0.15) is 31.4 Å². The monoisotopic (exact) mass is 242 g/mol. The summed E-state index contributed by atoms with van der Waals surface area (Å²) >= 11 is 6.02. The van der Waals surface area contributed by atoms with E-state index in [9.17, 15) is 9.90 Å². The number of halogens is 1. The number of carboxylic acids is 1. The van der Waals surface area contributed by atoms with Crippen LogP contribution < -0.4 is 0 Å². The van der Waals surface area contributed by atoms with E-state index in [-0.39, 0.29) is 12.2 Å². The molecule has 0 aliphatic carbocycles. The molecule has 1 aromatic carbocycles. The Balaban J connectivity index is 3.31. The molecule has 0 bridgehead atoms. The van der Waals surface area contributed by atoms with Gasteiger partial charge in [0, 0.05) is 16.0 Å². The topological polar surface area (TPSA) is 57.5 Å². The van der Waals surface area contributed by atoms with Crippen molar-refractivity contribution in [3.8, 4) is 5.75 Å². The second kappa shape index (κ2) is 4.34. The number of benzene rings is 1. The van der Waals surface area contributed by atoms with Crippen molar-refractivity contribution < 1.29 is 15.0 Å². The van der Waals surface area contributed by atoms with Gasteiger partial charge < -0.3 is 10.2 Å². The van der Waals surface area contributed by atoms with Crippen molar-refractivity contribution >= 4 is 17.6 Å². The largest absolute Gasteiger partial charge is 0.507 e. The molecule has 0 atom stereocenters. The van der Waals surface area contributed by atoms with Gasteiger partial charge in [-0.1, -0.05) is 31.5 Å². The molecule has 0 saturated carbocycles. The zero-order valence-corrected chi connectivity index (χ0v) is 10.3. The quantitative estimate of drug-likeness (QED) is 0.856. The first-order valence-corrected chi connectivity index (χ1v) is 5.34. The molecular weight excluding hydrogens is 228 g/mol. The molecule has 88 valence electrons. The Morgan fingerprint density at radius 2 is 2.00 bits per heavy atom. The second-order valence-corrected chi connectivity index (χ2v) is 4.95. The van der Waals surface area contributed by atoms with Gasteiger partial charge in [0.2, 0.25) is 0 Å².